The molecule has 0 amide bonds. The van der Waals surface area contributed by atoms with Crippen LogP contribution in [0.1, 0.15) is 64.5 Å². The highest BCUT2D eigenvalue weighted by atomic mass is 32.1. The van der Waals surface area contributed by atoms with Crippen molar-refractivity contribution in [1.29, 1.82) is 0 Å². The second-order valence-corrected chi connectivity index (χ2v) is 8.32. The minimum absolute atomic E-state index is 0.488. The lowest BCUT2D eigenvalue weighted by molar-refractivity contribution is 0.325. The summed E-state index contributed by atoms with van der Waals surface area (Å²) in [4.78, 5) is 8.86. The highest BCUT2D eigenvalue weighted by molar-refractivity contribution is 7.15. The number of hydrogen-bond donors (Lipinski definition) is 1. The van der Waals surface area contributed by atoms with E-state index in [1.165, 1.54) is 35.0 Å². The van der Waals surface area contributed by atoms with E-state index in [0.717, 1.165) is 26.1 Å². The van der Waals surface area contributed by atoms with Crippen molar-refractivity contribution in [3.05, 3.63) is 10.6 Å². The molecule has 0 aliphatic carbocycles. The Morgan fingerprint density at radius 1 is 1.29 bits per heavy atom. The first kappa shape index (κ1) is 16.8. The molecule has 1 aliphatic rings. The summed E-state index contributed by atoms with van der Waals surface area (Å²) in [5.41, 5.74) is 1.77. The van der Waals surface area contributed by atoms with E-state index < -0.39 is 0 Å². The number of thiazole rings is 1. The van der Waals surface area contributed by atoms with E-state index in [9.17, 15) is 0 Å². The zero-order valence-electron chi connectivity index (χ0n) is 14.3. The molecule has 1 aromatic rings. The Bertz CT molecular complexity index is 451. The fourth-order valence-corrected chi connectivity index (χ4v) is 3.98. The fraction of sp³-hybridized carbons (Fsp3) is 0.824. The van der Waals surface area contributed by atoms with Crippen LogP contribution in [-0.4, -0.2) is 24.1 Å². The molecule has 3 nitrogen and oxygen atoms in total. The highest BCUT2D eigenvalue weighted by Gasteiger charge is 2.25. The second kappa shape index (κ2) is 7.10. The summed E-state index contributed by atoms with van der Waals surface area (Å²) in [6, 6.07) is 0.527. The molecule has 1 aromatic heterocycles. The van der Waals surface area contributed by atoms with Crippen LogP contribution < -0.4 is 10.2 Å². The first-order valence-electron chi connectivity index (χ1n) is 8.38. The van der Waals surface area contributed by atoms with Crippen molar-refractivity contribution in [2.24, 2.45) is 5.41 Å². The number of nitrogens with one attached hydrogen (secondary N) is 1. The van der Waals surface area contributed by atoms with Gasteiger partial charge in [-0.25, -0.2) is 4.98 Å². The van der Waals surface area contributed by atoms with Crippen LogP contribution in [-0.2, 0) is 13.0 Å². The maximum Gasteiger partial charge on any atom is 0.185 e. The summed E-state index contributed by atoms with van der Waals surface area (Å²) >= 11 is 1.89. The average Bonchev–Trinajstić information content (AvgIpc) is 2.74. The molecule has 1 aliphatic heterocycles. The Morgan fingerprint density at radius 3 is 2.71 bits per heavy atom. The number of aryl methyl sites for hydroxylation is 1. The Morgan fingerprint density at radius 2 is 2.05 bits per heavy atom. The van der Waals surface area contributed by atoms with Gasteiger partial charge in [0, 0.05) is 30.6 Å². The van der Waals surface area contributed by atoms with E-state index in [4.69, 9.17) is 4.98 Å². The quantitative estimate of drug-likeness (QED) is 0.882. The molecule has 0 aromatic carbocycles. The van der Waals surface area contributed by atoms with Gasteiger partial charge in [-0.15, -0.1) is 11.3 Å². The molecular formula is C17H31N3S. The van der Waals surface area contributed by atoms with E-state index in [2.05, 4.69) is 44.8 Å². The van der Waals surface area contributed by atoms with Crippen LogP contribution in [0.2, 0.25) is 0 Å². The van der Waals surface area contributed by atoms with Crippen molar-refractivity contribution >= 4 is 16.5 Å². The molecule has 0 bridgehead atoms. The third-order valence-corrected chi connectivity index (χ3v) is 5.54. The topological polar surface area (TPSA) is 28.2 Å². The standard InChI is InChI=1S/C17H31N3S/c1-6-14-15(12-18-13(2)3)21-16(19-14)20-10-7-8-17(4,5)9-11-20/h13,18H,6-12H2,1-5H3. The van der Waals surface area contributed by atoms with Gasteiger partial charge in [0.25, 0.3) is 0 Å². The van der Waals surface area contributed by atoms with Crippen LogP contribution in [0.15, 0.2) is 0 Å². The zero-order valence-corrected chi connectivity index (χ0v) is 15.1. The molecule has 0 spiro atoms. The normalized spacial score (nSPS) is 19.0. The van der Waals surface area contributed by atoms with Crippen LogP contribution in [0.3, 0.4) is 0 Å². The molecule has 0 unspecified atom stereocenters. The molecule has 120 valence electrons. The third kappa shape index (κ3) is 4.68. The molecule has 1 N–H and O–H groups in total. The molecule has 0 atom stereocenters. The van der Waals surface area contributed by atoms with Gasteiger partial charge in [-0.2, -0.15) is 0 Å². The largest absolute Gasteiger partial charge is 0.348 e. The summed E-state index contributed by atoms with van der Waals surface area (Å²) in [5.74, 6) is 0. The van der Waals surface area contributed by atoms with Gasteiger partial charge < -0.3 is 10.2 Å². The van der Waals surface area contributed by atoms with Crippen LogP contribution in [0.4, 0.5) is 5.13 Å². The summed E-state index contributed by atoms with van der Waals surface area (Å²) < 4.78 is 0. The molecular weight excluding hydrogens is 278 g/mol. The molecule has 0 radical (unpaired) electrons. The van der Waals surface area contributed by atoms with Crippen molar-refractivity contribution in [3.8, 4) is 0 Å². The summed E-state index contributed by atoms with van der Waals surface area (Å²) in [7, 11) is 0. The van der Waals surface area contributed by atoms with Crippen LogP contribution in [0.25, 0.3) is 0 Å². The first-order chi connectivity index (χ1) is 9.91. The smallest absolute Gasteiger partial charge is 0.185 e. The van der Waals surface area contributed by atoms with Gasteiger partial charge in [0.1, 0.15) is 0 Å². The molecule has 21 heavy (non-hydrogen) atoms. The lowest BCUT2D eigenvalue weighted by Crippen LogP contribution is -2.24. The summed E-state index contributed by atoms with van der Waals surface area (Å²) in [6.45, 7) is 14.7. The number of anilines is 1. The van der Waals surface area contributed by atoms with Crippen LogP contribution in [0.5, 0.6) is 0 Å². The van der Waals surface area contributed by atoms with Crippen molar-refractivity contribution in [2.75, 3.05) is 18.0 Å². The molecule has 2 rings (SSSR count). The van der Waals surface area contributed by atoms with Crippen molar-refractivity contribution in [2.45, 2.75) is 72.9 Å². The first-order valence-corrected chi connectivity index (χ1v) is 9.20. The zero-order chi connectivity index (χ0) is 15.5. The Balaban J connectivity index is 2.09. The van der Waals surface area contributed by atoms with Gasteiger partial charge in [0.15, 0.2) is 5.13 Å². The second-order valence-electron chi connectivity index (χ2n) is 7.26. The van der Waals surface area contributed by atoms with Gasteiger partial charge in [-0.1, -0.05) is 34.6 Å². The Kier molecular flexibility index (Phi) is 5.67. The van der Waals surface area contributed by atoms with Gasteiger partial charge >= 0.3 is 0 Å². The maximum atomic E-state index is 4.92. The maximum absolute atomic E-state index is 4.92. The van der Waals surface area contributed by atoms with Gasteiger partial charge in [0.05, 0.1) is 5.69 Å². The number of nitrogens with zero attached hydrogens (tertiary/aromatic N) is 2. The van der Waals surface area contributed by atoms with Gasteiger partial charge in [0.2, 0.25) is 0 Å². The molecule has 0 saturated carbocycles. The minimum Gasteiger partial charge on any atom is -0.348 e. The Hall–Kier alpha value is -0.610. The van der Waals surface area contributed by atoms with Crippen molar-refractivity contribution in [3.63, 3.8) is 0 Å². The Labute approximate surface area is 134 Å². The number of aromatic nitrogens is 1. The summed E-state index contributed by atoms with van der Waals surface area (Å²) in [6.07, 6.45) is 4.92. The predicted molar refractivity (Wildman–Crippen MR) is 93.3 cm³/mol. The summed E-state index contributed by atoms with van der Waals surface area (Å²) in [5, 5.41) is 4.77. The third-order valence-electron chi connectivity index (χ3n) is 4.38. The van der Waals surface area contributed by atoms with E-state index in [0.29, 0.717) is 11.5 Å². The average molecular weight is 310 g/mol. The molecule has 1 saturated heterocycles. The fourth-order valence-electron chi connectivity index (χ4n) is 2.83. The van der Waals surface area contributed by atoms with Gasteiger partial charge in [-0.3, -0.25) is 0 Å². The van der Waals surface area contributed by atoms with Crippen LogP contribution in [0, 0.1) is 5.41 Å². The van der Waals surface area contributed by atoms with E-state index >= 15 is 0 Å². The minimum atomic E-state index is 0.488. The SMILES string of the molecule is CCc1nc(N2CCCC(C)(C)CC2)sc1CNC(C)C. The number of hydrogen-bond acceptors (Lipinski definition) is 4. The predicted octanol–water partition coefficient (Wildman–Crippen LogP) is 4.22. The lowest BCUT2D eigenvalue weighted by atomic mass is 9.85. The van der Waals surface area contributed by atoms with Crippen molar-refractivity contribution in [1.82, 2.24) is 10.3 Å². The van der Waals surface area contributed by atoms with E-state index in [-0.39, 0.29) is 0 Å². The van der Waals surface area contributed by atoms with Gasteiger partial charge in [-0.05, 0) is 31.1 Å². The lowest BCUT2D eigenvalue weighted by Gasteiger charge is -2.22. The van der Waals surface area contributed by atoms with E-state index in [1.54, 1.807) is 0 Å². The van der Waals surface area contributed by atoms with Crippen molar-refractivity contribution < 1.29 is 0 Å². The monoisotopic (exact) mass is 309 g/mol. The number of rotatable bonds is 5. The highest BCUT2D eigenvalue weighted by Crippen LogP contribution is 2.34. The molecule has 1 fully saturated rings. The van der Waals surface area contributed by atoms with E-state index in [1.807, 2.05) is 11.3 Å². The molecule has 4 heteroatoms. The molecule has 2 heterocycles. The van der Waals surface area contributed by atoms with Crippen LogP contribution >= 0.6 is 11.3 Å².